The quantitative estimate of drug-likeness (QED) is 0.839. The number of carbonyl (C=O) groups excluding carboxylic acids is 1. The summed E-state index contributed by atoms with van der Waals surface area (Å²) in [6, 6.07) is 3.55. The second kappa shape index (κ2) is 4.09. The van der Waals surface area contributed by atoms with E-state index in [4.69, 9.17) is 0 Å². The van der Waals surface area contributed by atoms with Crippen LogP contribution in [0.5, 0.6) is 0 Å². The van der Waals surface area contributed by atoms with Gasteiger partial charge in [-0.3, -0.25) is 0 Å². The summed E-state index contributed by atoms with van der Waals surface area (Å²) in [5, 5.41) is 0. The molecule has 1 amide bonds. The molecule has 13 heavy (non-hydrogen) atoms. The third-order valence-corrected chi connectivity index (χ3v) is 4.20. The van der Waals surface area contributed by atoms with Crippen molar-refractivity contribution in [2.45, 2.75) is 14.8 Å². The monoisotopic (exact) mass is 286 g/mol. The van der Waals surface area contributed by atoms with Crippen LogP contribution in [0.1, 0.15) is 10.4 Å². The first kappa shape index (κ1) is 10.5. The summed E-state index contributed by atoms with van der Waals surface area (Å²) >= 11 is -2.21. The normalized spacial score (nSPS) is 11.0. The minimum absolute atomic E-state index is 0.0106. The molecule has 1 N–H and O–H groups in total. The van der Waals surface area contributed by atoms with Crippen molar-refractivity contribution < 1.29 is 4.79 Å². The Kier molecular flexibility index (Phi) is 3.30. The molecule has 70 valence electrons. The van der Waals surface area contributed by atoms with Crippen LogP contribution in [-0.2, 0) is 0 Å². The van der Waals surface area contributed by atoms with E-state index < -0.39 is 18.7 Å². The number of pyridine rings is 1. The molecule has 3 nitrogen and oxygen atoms in total. The molecule has 0 saturated carbocycles. The molecule has 0 fully saturated rings. The van der Waals surface area contributed by atoms with Crippen LogP contribution in [0.2, 0.25) is 14.8 Å². The molecule has 0 aliphatic carbocycles. The van der Waals surface area contributed by atoms with Gasteiger partial charge in [0, 0.05) is 0 Å². The van der Waals surface area contributed by atoms with Gasteiger partial charge in [0.2, 0.25) is 0 Å². The number of rotatable bonds is 2. The first-order valence-corrected chi connectivity index (χ1v) is 14.2. The molecule has 0 aromatic carbocycles. The number of hydrogen-bond donors (Lipinski definition) is 1. The van der Waals surface area contributed by atoms with E-state index in [9.17, 15) is 4.79 Å². The molecular weight excluding hydrogens is 271 g/mol. The Labute approximate surface area is 82.8 Å². The molecule has 0 unspecified atom stereocenters. The Bertz CT molecular complexity index is 292. The van der Waals surface area contributed by atoms with Gasteiger partial charge in [-0.25, -0.2) is 0 Å². The Hall–Kier alpha value is -0.581. The van der Waals surface area contributed by atoms with Crippen molar-refractivity contribution >= 4 is 24.6 Å². The van der Waals surface area contributed by atoms with Gasteiger partial charge in [-0.1, -0.05) is 0 Å². The first-order valence-electron chi connectivity index (χ1n) is 4.21. The molecule has 4 heteroatoms. The van der Waals surface area contributed by atoms with Crippen LogP contribution in [-0.4, -0.2) is 29.5 Å². The number of aromatic nitrogens is 1. The fraction of sp³-hybridized carbons (Fsp3) is 0.333. The fourth-order valence-electron chi connectivity index (χ4n) is 0.910. The topological polar surface area (TPSA) is 42.0 Å². The Morgan fingerprint density at radius 3 is 2.62 bits per heavy atom. The first-order chi connectivity index (χ1) is 5.99. The molecule has 0 aliphatic rings. The zero-order valence-corrected chi connectivity index (χ0v) is 11.0. The van der Waals surface area contributed by atoms with Gasteiger partial charge < -0.3 is 0 Å². The van der Waals surface area contributed by atoms with E-state index in [0.29, 0.717) is 5.56 Å². The summed E-state index contributed by atoms with van der Waals surface area (Å²) in [4.78, 5) is 21.9. The third-order valence-electron chi connectivity index (χ3n) is 1.41. The maximum absolute atomic E-state index is 11.6. The van der Waals surface area contributed by atoms with Crippen LogP contribution in [0.15, 0.2) is 24.5 Å². The molecule has 1 aromatic rings. The van der Waals surface area contributed by atoms with Gasteiger partial charge >= 0.3 is 82.8 Å². The predicted octanol–water partition coefficient (Wildman–Crippen LogP) is 1.65. The van der Waals surface area contributed by atoms with E-state index in [2.05, 4.69) is 23.3 Å². The van der Waals surface area contributed by atoms with Crippen molar-refractivity contribution in [3.8, 4) is 0 Å². The standard InChI is InChI=1S/C6H6N2O.3CH3.Sn/c7-6(9)5-2-1-3-8-4-5;;;;/h1-4H,(H2,7,9);3*1H3;/q;;;;+1/p-1. The summed E-state index contributed by atoms with van der Waals surface area (Å²) in [5.41, 5.74) is 0.647. The molecule has 0 spiro atoms. The van der Waals surface area contributed by atoms with Crippen LogP contribution in [0, 0.1) is 0 Å². The SMILES string of the molecule is [CH3][Sn]([CH3])([CH3])[NH]C(=O)c1cccnc1. The Morgan fingerprint density at radius 2 is 2.15 bits per heavy atom. The molecule has 0 bridgehead atoms. The molecule has 0 saturated heterocycles. The Balaban J connectivity index is 2.71. The number of carbonyl (C=O) groups is 1. The predicted molar refractivity (Wildman–Crippen MR) is 55.0 cm³/mol. The molecule has 1 rings (SSSR count). The van der Waals surface area contributed by atoms with Gasteiger partial charge in [-0.15, -0.1) is 0 Å². The summed E-state index contributed by atoms with van der Waals surface area (Å²) in [6.45, 7) is 0. The van der Waals surface area contributed by atoms with E-state index in [1.807, 2.05) is 0 Å². The van der Waals surface area contributed by atoms with Gasteiger partial charge in [-0.05, 0) is 0 Å². The van der Waals surface area contributed by atoms with Gasteiger partial charge in [0.25, 0.3) is 0 Å². The number of amides is 1. The fourth-order valence-corrected chi connectivity index (χ4v) is 3.27. The average molecular weight is 285 g/mol. The number of nitrogens with one attached hydrogen (secondary N) is 1. The van der Waals surface area contributed by atoms with Crippen molar-refractivity contribution in [3.63, 3.8) is 0 Å². The minimum atomic E-state index is -2.21. The summed E-state index contributed by atoms with van der Waals surface area (Å²) < 4.78 is 3.07. The van der Waals surface area contributed by atoms with E-state index >= 15 is 0 Å². The molecular formula is C9H14N2OSn. The molecule has 1 aromatic heterocycles. The van der Waals surface area contributed by atoms with Crippen LogP contribution in [0.4, 0.5) is 0 Å². The van der Waals surface area contributed by atoms with Crippen LogP contribution >= 0.6 is 0 Å². The van der Waals surface area contributed by atoms with E-state index in [0.717, 1.165) is 0 Å². The van der Waals surface area contributed by atoms with Gasteiger partial charge in [0.1, 0.15) is 0 Å². The molecule has 0 radical (unpaired) electrons. The second-order valence-corrected chi connectivity index (χ2v) is 17.5. The van der Waals surface area contributed by atoms with Crippen molar-refractivity contribution in [3.05, 3.63) is 30.1 Å². The summed E-state index contributed by atoms with van der Waals surface area (Å²) in [5.74, 6) is 0.0106. The van der Waals surface area contributed by atoms with Crippen molar-refractivity contribution in [1.29, 1.82) is 0 Å². The Morgan fingerprint density at radius 1 is 1.46 bits per heavy atom. The van der Waals surface area contributed by atoms with Gasteiger partial charge in [0.05, 0.1) is 0 Å². The summed E-state index contributed by atoms with van der Waals surface area (Å²) in [6.07, 6.45) is 3.25. The van der Waals surface area contributed by atoms with Crippen LogP contribution in [0.3, 0.4) is 0 Å². The zero-order valence-electron chi connectivity index (χ0n) is 8.16. The van der Waals surface area contributed by atoms with Crippen LogP contribution < -0.4 is 3.54 Å². The number of hydrogen-bond acceptors (Lipinski definition) is 2. The van der Waals surface area contributed by atoms with Gasteiger partial charge in [0.15, 0.2) is 0 Å². The molecule has 0 aliphatic heterocycles. The number of nitrogens with zero attached hydrogens (tertiary/aromatic N) is 1. The molecule has 0 atom stereocenters. The van der Waals surface area contributed by atoms with Crippen molar-refractivity contribution in [2.24, 2.45) is 0 Å². The molecule has 1 heterocycles. The van der Waals surface area contributed by atoms with Crippen molar-refractivity contribution in [1.82, 2.24) is 8.52 Å². The van der Waals surface area contributed by atoms with Crippen LogP contribution in [0.25, 0.3) is 0 Å². The zero-order chi connectivity index (χ0) is 9.90. The van der Waals surface area contributed by atoms with E-state index in [1.165, 1.54) is 0 Å². The second-order valence-electron chi connectivity index (χ2n) is 3.95. The maximum atomic E-state index is 11.6. The third kappa shape index (κ3) is 3.76. The van der Waals surface area contributed by atoms with E-state index in [1.54, 1.807) is 24.5 Å². The van der Waals surface area contributed by atoms with Crippen molar-refractivity contribution in [2.75, 3.05) is 0 Å². The van der Waals surface area contributed by atoms with E-state index in [-0.39, 0.29) is 5.91 Å². The average Bonchev–Trinajstić information content (AvgIpc) is 2.03. The van der Waals surface area contributed by atoms with Gasteiger partial charge in [-0.2, -0.15) is 0 Å². The summed E-state index contributed by atoms with van der Waals surface area (Å²) in [7, 11) is 0.